The Morgan fingerprint density at radius 3 is 2.62 bits per heavy atom. The number of ether oxygens (including phenoxy) is 1. The molecule has 2 fully saturated rings. The van der Waals surface area contributed by atoms with Gasteiger partial charge in [0.1, 0.15) is 12.6 Å². The molecule has 0 radical (unpaired) electrons. The lowest BCUT2D eigenvalue weighted by Crippen LogP contribution is -2.53. The fourth-order valence-corrected chi connectivity index (χ4v) is 8.99. The van der Waals surface area contributed by atoms with Crippen molar-refractivity contribution in [2.24, 2.45) is 11.8 Å². The standard InChI is InChI=1S/C28H33ClN2O5S/c1-18-10-7-11-19(29)22(18)30-15-8-13-28-20(21-26(35)36-17-9-12-27(21,2)37-28)24(33)31(23(28)25(30)34)14-5-3-4-6-16-32/h7-13,20-21,23,32H,3-6,14-17H2,1-2H3/t20-,21+,23?,27-,28-/m0/s1. The van der Waals surface area contributed by atoms with E-state index < -0.39 is 27.4 Å². The predicted molar refractivity (Wildman–Crippen MR) is 145 cm³/mol. The number of cyclic esters (lactones) is 1. The maximum atomic E-state index is 14.5. The average molecular weight is 545 g/mol. The Labute approximate surface area is 226 Å². The third-order valence-electron chi connectivity index (χ3n) is 8.08. The van der Waals surface area contributed by atoms with Crippen LogP contribution in [0, 0.1) is 18.8 Å². The van der Waals surface area contributed by atoms with Gasteiger partial charge in [0.25, 0.3) is 5.91 Å². The van der Waals surface area contributed by atoms with Crippen molar-refractivity contribution in [1.29, 1.82) is 0 Å². The van der Waals surface area contributed by atoms with Crippen molar-refractivity contribution in [3.8, 4) is 0 Å². The summed E-state index contributed by atoms with van der Waals surface area (Å²) < 4.78 is 3.92. The molecule has 0 aliphatic carbocycles. The van der Waals surface area contributed by atoms with E-state index in [2.05, 4.69) is 0 Å². The number of amides is 2. The summed E-state index contributed by atoms with van der Waals surface area (Å²) in [5.74, 6) is -2.12. The second-order valence-corrected chi connectivity index (χ2v) is 12.7. The van der Waals surface area contributed by atoms with Crippen LogP contribution < -0.4 is 4.90 Å². The summed E-state index contributed by atoms with van der Waals surface area (Å²) in [4.78, 5) is 45.3. The molecule has 0 aromatic heterocycles. The lowest BCUT2D eigenvalue weighted by Gasteiger charge is -2.37. The Bertz CT molecular complexity index is 1150. The van der Waals surface area contributed by atoms with E-state index in [4.69, 9.17) is 21.4 Å². The highest BCUT2D eigenvalue weighted by Crippen LogP contribution is 2.65. The number of aliphatic hydroxyl groups excluding tert-OH is 1. The maximum Gasteiger partial charge on any atom is 0.311 e. The van der Waals surface area contributed by atoms with Gasteiger partial charge in [0, 0.05) is 24.4 Å². The molecule has 1 N–H and O–H groups in total. The van der Waals surface area contributed by atoms with Crippen molar-refractivity contribution >= 4 is 46.8 Å². The van der Waals surface area contributed by atoms with Gasteiger partial charge in [0.05, 0.1) is 27.3 Å². The van der Waals surface area contributed by atoms with Crippen LogP contribution in [0.1, 0.15) is 38.2 Å². The molecule has 4 aliphatic rings. The predicted octanol–water partition coefficient (Wildman–Crippen LogP) is 3.90. The average Bonchev–Trinajstić information content (AvgIpc) is 3.10. The van der Waals surface area contributed by atoms with Gasteiger partial charge in [-0.3, -0.25) is 14.4 Å². The van der Waals surface area contributed by atoms with Crippen LogP contribution in [0.3, 0.4) is 0 Å². The van der Waals surface area contributed by atoms with Gasteiger partial charge < -0.3 is 19.6 Å². The number of benzene rings is 1. The second-order valence-electron chi connectivity index (χ2n) is 10.5. The number of unbranched alkanes of at least 4 members (excludes halogenated alkanes) is 3. The molecule has 2 amide bonds. The molecule has 4 heterocycles. The van der Waals surface area contributed by atoms with Gasteiger partial charge in [-0.1, -0.05) is 54.8 Å². The molecule has 1 aromatic rings. The van der Waals surface area contributed by atoms with E-state index in [1.807, 2.05) is 50.3 Å². The van der Waals surface area contributed by atoms with Crippen molar-refractivity contribution in [3.05, 3.63) is 53.1 Å². The largest absolute Gasteiger partial charge is 0.461 e. The first-order chi connectivity index (χ1) is 17.7. The highest BCUT2D eigenvalue weighted by atomic mass is 35.5. The molecular weight excluding hydrogens is 512 g/mol. The number of anilines is 1. The van der Waals surface area contributed by atoms with Crippen molar-refractivity contribution in [2.45, 2.75) is 55.1 Å². The Kier molecular flexibility index (Phi) is 7.20. The molecule has 37 heavy (non-hydrogen) atoms. The number of halogens is 1. The minimum absolute atomic E-state index is 0.137. The quantitative estimate of drug-likeness (QED) is 0.318. The summed E-state index contributed by atoms with van der Waals surface area (Å²) in [6, 6.07) is 4.78. The number of carbonyl (C=O) groups is 3. The van der Waals surface area contributed by atoms with E-state index in [0.29, 0.717) is 36.6 Å². The van der Waals surface area contributed by atoms with Crippen LogP contribution in [-0.4, -0.2) is 69.6 Å². The molecule has 4 aliphatic heterocycles. The number of fused-ring (bicyclic) bond motifs is 2. The number of nitrogens with zero attached hydrogens (tertiary/aromatic N) is 2. The van der Waals surface area contributed by atoms with Crippen LogP contribution >= 0.6 is 23.4 Å². The molecule has 2 saturated heterocycles. The number of likely N-dealkylation sites (tertiary alicyclic amines) is 1. The fraction of sp³-hybridized carbons (Fsp3) is 0.536. The molecule has 198 valence electrons. The van der Waals surface area contributed by atoms with Gasteiger partial charge in [0.15, 0.2) is 0 Å². The van der Waals surface area contributed by atoms with Gasteiger partial charge in [-0.15, -0.1) is 11.8 Å². The van der Waals surface area contributed by atoms with E-state index >= 15 is 0 Å². The monoisotopic (exact) mass is 544 g/mol. The van der Waals surface area contributed by atoms with Crippen molar-refractivity contribution in [2.75, 3.05) is 31.2 Å². The normalized spacial score (nSPS) is 32.6. The number of hydrogen-bond acceptors (Lipinski definition) is 6. The Morgan fingerprint density at radius 1 is 1.08 bits per heavy atom. The maximum absolute atomic E-state index is 14.5. The van der Waals surface area contributed by atoms with Gasteiger partial charge >= 0.3 is 5.97 Å². The highest BCUT2D eigenvalue weighted by molar-refractivity contribution is 8.02. The molecule has 1 aromatic carbocycles. The van der Waals surface area contributed by atoms with Gasteiger partial charge in [-0.2, -0.15) is 0 Å². The first kappa shape index (κ1) is 26.3. The summed E-state index contributed by atoms with van der Waals surface area (Å²) in [6.07, 6.45) is 10.9. The van der Waals surface area contributed by atoms with Crippen LogP contribution in [0.5, 0.6) is 0 Å². The molecule has 7 nitrogen and oxygen atoms in total. The second kappa shape index (κ2) is 10.1. The number of aliphatic hydroxyl groups is 1. The number of rotatable bonds is 7. The van der Waals surface area contributed by atoms with Gasteiger partial charge in [-0.05, 0) is 44.4 Å². The number of para-hydroxylation sites is 1. The summed E-state index contributed by atoms with van der Waals surface area (Å²) in [5, 5.41) is 9.61. The summed E-state index contributed by atoms with van der Waals surface area (Å²) in [6.45, 7) is 4.96. The van der Waals surface area contributed by atoms with Crippen LogP contribution in [0.4, 0.5) is 5.69 Å². The summed E-state index contributed by atoms with van der Waals surface area (Å²) in [7, 11) is 0. The first-order valence-corrected chi connectivity index (χ1v) is 14.1. The Hall–Kier alpha value is -2.29. The van der Waals surface area contributed by atoms with Crippen LogP contribution in [-0.2, 0) is 19.1 Å². The molecule has 5 rings (SSSR count). The third kappa shape index (κ3) is 4.21. The Balaban J connectivity index is 1.59. The van der Waals surface area contributed by atoms with Crippen molar-refractivity contribution in [1.82, 2.24) is 4.90 Å². The third-order valence-corrected chi connectivity index (χ3v) is 10.2. The van der Waals surface area contributed by atoms with Crippen LogP contribution in [0.25, 0.3) is 0 Å². The van der Waals surface area contributed by atoms with E-state index in [-0.39, 0.29) is 31.0 Å². The lowest BCUT2D eigenvalue weighted by molar-refractivity contribution is -0.152. The van der Waals surface area contributed by atoms with Crippen LogP contribution in [0.2, 0.25) is 5.02 Å². The molecule has 5 atom stereocenters. The van der Waals surface area contributed by atoms with Gasteiger partial charge in [-0.25, -0.2) is 0 Å². The minimum Gasteiger partial charge on any atom is -0.461 e. The molecule has 1 spiro atoms. The zero-order valence-electron chi connectivity index (χ0n) is 21.2. The number of aryl methyl sites for hydroxylation is 1. The lowest BCUT2D eigenvalue weighted by atomic mass is 9.75. The molecule has 1 unspecified atom stereocenters. The van der Waals surface area contributed by atoms with E-state index in [9.17, 15) is 14.4 Å². The fourth-order valence-electron chi connectivity index (χ4n) is 6.51. The smallest absolute Gasteiger partial charge is 0.311 e. The number of esters is 1. The highest BCUT2D eigenvalue weighted by Gasteiger charge is 2.74. The number of hydrogen-bond donors (Lipinski definition) is 1. The summed E-state index contributed by atoms with van der Waals surface area (Å²) >= 11 is 8.14. The van der Waals surface area contributed by atoms with E-state index in [1.54, 1.807) is 27.6 Å². The molecule has 9 heteroatoms. The molecular formula is C28H33ClN2O5S. The zero-order chi connectivity index (χ0) is 26.4. The minimum atomic E-state index is -0.900. The Morgan fingerprint density at radius 2 is 1.86 bits per heavy atom. The number of thioether (sulfide) groups is 1. The van der Waals surface area contributed by atoms with Crippen molar-refractivity contribution < 1.29 is 24.2 Å². The van der Waals surface area contributed by atoms with E-state index in [1.165, 1.54) is 0 Å². The van der Waals surface area contributed by atoms with Crippen LogP contribution in [0.15, 0.2) is 42.5 Å². The van der Waals surface area contributed by atoms with Gasteiger partial charge in [0.2, 0.25) is 5.91 Å². The zero-order valence-corrected chi connectivity index (χ0v) is 22.8. The molecule has 0 bridgehead atoms. The summed E-state index contributed by atoms with van der Waals surface area (Å²) in [5.41, 5.74) is 1.53. The van der Waals surface area contributed by atoms with Crippen molar-refractivity contribution in [3.63, 3.8) is 0 Å². The first-order valence-electron chi connectivity index (χ1n) is 13.0. The van der Waals surface area contributed by atoms with E-state index in [0.717, 1.165) is 18.4 Å². The SMILES string of the molecule is Cc1cccc(Cl)c1N1CC=C[C@]23S[C@@]4(C)C=CCOC(=O)[C@H]4[C@H]2C(=O)N(CCCCCCO)C3C1=O. The number of carbonyl (C=O) groups excluding carboxylic acids is 3. The molecule has 0 saturated carbocycles. The topological polar surface area (TPSA) is 87.2 Å².